The molecule has 0 aliphatic carbocycles. The molecular formula is C11H10F3N3O2S. The number of nitrogens with one attached hydrogen (secondary N) is 1. The summed E-state index contributed by atoms with van der Waals surface area (Å²) in [6.45, 7) is -0.116. The lowest BCUT2D eigenvalue weighted by Gasteiger charge is -2.09. The number of carbonyl (C=O) groups excluding carboxylic acids is 1. The number of carbonyl (C=O) groups is 1. The Morgan fingerprint density at radius 1 is 1.50 bits per heavy atom. The van der Waals surface area contributed by atoms with Crippen molar-refractivity contribution in [3.63, 3.8) is 0 Å². The van der Waals surface area contributed by atoms with Crippen LogP contribution in [0.2, 0.25) is 0 Å². The highest BCUT2D eigenvalue weighted by molar-refractivity contribution is 7.17. The molecule has 0 saturated carbocycles. The van der Waals surface area contributed by atoms with Gasteiger partial charge in [0.05, 0.1) is 11.8 Å². The highest BCUT2D eigenvalue weighted by Crippen LogP contribution is 2.19. The van der Waals surface area contributed by atoms with Gasteiger partial charge in [-0.2, -0.15) is 13.2 Å². The van der Waals surface area contributed by atoms with Gasteiger partial charge in [0, 0.05) is 0 Å². The van der Waals surface area contributed by atoms with Crippen molar-refractivity contribution in [3.8, 4) is 0 Å². The number of nitrogens with zero attached hydrogens (tertiary/aromatic N) is 2. The number of rotatable bonds is 3. The molecule has 0 radical (unpaired) electrons. The molecular weight excluding hydrogens is 295 g/mol. The maximum Gasteiger partial charge on any atom is 0.405 e. The van der Waals surface area contributed by atoms with Gasteiger partial charge in [-0.15, -0.1) is 11.3 Å². The van der Waals surface area contributed by atoms with Gasteiger partial charge in [-0.05, 0) is 17.9 Å². The lowest BCUT2D eigenvalue weighted by Crippen LogP contribution is -2.37. The Bertz CT molecular complexity index is 705. The third-order valence-electron chi connectivity index (χ3n) is 2.52. The van der Waals surface area contributed by atoms with Gasteiger partial charge in [0.1, 0.15) is 17.8 Å². The van der Waals surface area contributed by atoms with Gasteiger partial charge in [0.15, 0.2) is 0 Å². The SMILES string of the molecule is Cc1csc2c(=O)n(CC(=O)NCC(F)(F)F)cnc12. The monoisotopic (exact) mass is 305 g/mol. The van der Waals surface area contributed by atoms with E-state index in [1.165, 1.54) is 11.3 Å². The molecule has 20 heavy (non-hydrogen) atoms. The van der Waals surface area contributed by atoms with Crippen molar-refractivity contribution >= 4 is 27.5 Å². The molecule has 0 unspecified atom stereocenters. The van der Waals surface area contributed by atoms with Crippen LogP contribution in [-0.2, 0) is 11.3 Å². The smallest absolute Gasteiger partial charge is 0.345 e. The third-order valence-corrected chi connectivity index (χ3v) is 3.60. The Morgan fingerprint density at radius 3 is 2.85 bits per heavy atom. The van der Waals surface area contributed by atoms with Crippen molar-refractivity contribution in [3.05, 3.63) is 27.6 Å². The lowest BCUT2D eigenvalue weighted by molar-refractivity contribution is -0.138. The number of alkyl halides is 3. The van der Waals surface area contributed by atoms with Crippen LogP contribution in [0.4, 0.5) is 13.2 Å². The molecule has 9 heteroatoms. The largest absolute Gasteiger partial charge is 0.405 e. The van der Waals surface area contributed by atoms with Crippen LogP contribution < -0.4 is 10.9 Å². The van der Waals surface area contributed by atoms with E-state index < -0.39 is 30.7 Å². The predicted octanol–water partition coefficient (Wildman–Crippen LogP) is 1.44. The Balaban J connectivity index is 2.16. The van der Waals surface area contributed by atoms with Crippen LogP contribution >= 0.6 is 11.3 Å². The third kappa shape index (κ3) is 3.16. The number of hydrogen-bond acceptors (Lipinski definition) is 4. The molecule has 0 aliphatic rings. The van der Waals surface area contributed by atoms with Crippen molar-refractivity contribution in [2.75, 3.05) is 6.54 Å². The molecule has 1 N–H and O–H groups in total. The number of aryl methyl sites for hydroxylation is 1. The topological polar surface area (TPSA) is 64.0 Å². The van der Waals surface area contributed by atoms with Crippen molar-refractivity contribution in [2.45, 2.75) is 19.6 Å². The maximum absolute atomic E-state index is 12.0. The molecule has 0 atom stereocenters. The van der Waals surface area contributed by atoms with Crippen molar-refractivity contribution < 1.29 is 18.0 Å². The fourth-order valence-electron chi connectivity index (χ4n) is 1.58. The second-order valence-corrected chi connectivity index (χ2v) is 5.05. The average molecular weight is 305 g/mol. The standard InChI is InChI=1S/C11H10F3N3O2S/c1-6-3-20-9-8(6)16-5-17(10(9)19)2-7(18)15-4-11(12,13)14/h3,5H,2,4H2,1H3,(H,15,18). The van der Waals surface area contributed by atoms with Gasteiger partial charge in [-0.3, -0.25) is 14.2 Å². The molecule has 0 fully saturated rings. The van der Waals surface area contributed by atoms with E-state index in [2.05, 4.69) is 4.98 Å². The summed E-state index contributed by atoms with van der Waals surface area (Å²) in [5.74, 6) is -0.890. The van der Waals surface area contributed by atoms with Crippen molar-refractivity contribution in [1.82, 2.24) is 14.9 Å². The number of aromatic nitrogens is 2. The summed E-state index contributed by atoms with van der Waals surface area (Å²) in [5, 5.41) is 3.46. The van der Waals surface area contributed by atoms with E-state index in [0.717, 1.165) is 16.5 Å². The zero-order valence-corrected chi connectivity index (χ0v) is 11.1. The minimum atomic E-state index is -4.48. The Hall–Kier alpha value is -1.90. The highest BCUT2D eigenvalue weighted by Gasteiger charge is 2.27. The summed E-state index contributed by atoms with van der Waals surface area (Å²) >= 11 is 1.19. The molecule has 108 valence electrons. The van der Waals surface area contributed by atoms with Gasteiger partial charge in [-0.1, -0.05) is 0 Å². The van der Waals surface area contributed by atoms with E-state index in [4.69, 9.17) is 0 Å². The first-order valence-corrected chi connectivity index (χ1v) is 6.42. The Morgan fingerprint density at radius 2 is 2.20 bits per heavy atom. The number of amides is 1. The summed E-state index contributed by atoms with van der Waals surface area (Å²) in [6.07, 6.45) is -3.31. The second kappa shape index (κ2) is 5.23. The van der Waals surface area contributed by atoms with Gasteiger partial charge in [0.2, 0.25) is 5.91 Å². The van der Waals surface area contributed by atoms with Crippen LogP contribution in [0.1, 0.15) is 5.56 Å². The van der Waals surface area contributed by atoms with Gasteiger partial charge in [-0.25, -0.2) is 4.98 Å². The number of hydrogen-bond donors (Lipinski definition) is 1. The van der Waals surface area contributed by atoms with Crippen LogP contribution in [0.25, 0.3) is 10.2 Å². The summed E-state index contributed by atoms with van der Waals surface area (Å²) in [7, 11) is 0. The fraction of sp³-hybridized carbons (Fsp3) is 0.364. The first-order valence-electron chi connectivity index (χ1n) is 5.54. The normalized spacial score (nSPS) is 11.8. The number of thiophene rings is 1. The molecule has 0 spiro atoms. The van der Waals surface area contributed by atoms with E-state index in [9.17, 15) is 22.8 Å². The van der Waals surface area contributed by atoms with Crippen molar-refractivity contribution in [1.29, 1.82) is 0 Å². The zero-order chi connectivity index (χ0) is 14.9. The fourth-order valence-corrected chi connectivity index (χ4v) is 2.53. The van der Waals surface area contributed by atoms with Gasteiger partial charge in [0.25, 0.3) is 5.56 Å². The molecule has 0 aromatic carbocycles. The molecule has 2 aromatic heterocycles. The van der Waals surface area contributed by atoms with Crippen molar-refractivity contribution in [2.24, 2.45) is 0 Å². The van der Waals surface area contributed by atoms with Crippen LogP contribution in [0.15, 0.2) is 16.5 Å². The summed E-state index contributed by atoms with van der Waals surface area (Å²) in [6, 6.07) is 0. The van der Waals surface area contributed by atoms with Crippen LogP contribution in [0.3, 0.4) is 0 Å². The molecule has 1 amide bonds. The summed E-state index contributed by atoms with van der Waals surface area (Å²) in [5.41, 5.74) is 0.956. The van der Waals surface area contributed by atoms with Crippen LogP contribution in [-0.4, -0.2) is 28.2 Å². The number of halogens is 3. The summed E-state index contributed by atoms with van der Waals surface area (Å²) < 4.78 is 37.2. The molecule has 0 saturated heterocycles. The minimum Gasteiger partial charge on any atom is -0.345 e. The Labute approximate surface area is 115 Å². The zero-order valence-electron chi connectivity index (χ0n) is 10.3. The quantitative estimate of drug-likeness (QED) is 0.933. The number of fused-ring (bicyclic) bond motifs is 1. The van der Waals surface area contributed by atoms with Crippen LogP contribution in [0.5, 0.6) is 0 Å². The van der Waals surface area contributed by atoms with E-state index in [1.54, 1.807) is 17.6 Å². The molecule has 0 bridgehead atoms. The predicted molar refractivity (Wildman–Crippen MR) is 67.7 cm³/mol. The van der Waals surface area contributed by atoms with Gasteiger partial charge >= 0.3 is 6.18 Å². The molecule has 2 heterocycles. The second-order valence-electron chi connectivity index (χ2n) is 4.17. The summed E-state index contributed by atoms with van der Waals surface area (Å²) in [4.78, 5) is 27.4. The highest BCUT2D eigenvalue weighted by atomic mass is 32.1. The Kier molecular flexibility index (Phi) is 3.80. The van der Waals surface area contributed by atoms with E-state index in [0.29, 0.717) is 10.2 Å². The maximum atomic E-state index is 12.0. The van der Waals surface area contributed by atoms with E-state index >= 15 is 0 Å². The van der Waals surface area contributed by atoms with Crippen LogP contribution in [0, 0.1) is 6.92 Å². The molecule has 5 nitrogen and oxygen atoms in total. The molecule has 2 aromatic rings. The van der Waals surface area contributed by atoms with E-state index in [-0.39, 0.29) is 0 Å². The average Bonchev–Trinajstić information content (AvgIpc) is 2.72. The first kappa shape index (κ1) is 14.5. The lowest BCUT2D eigenvalue weighted by atomic mass is 10.3. The molecule has 2 rings (SSSR count). The minimum absolute atomic E-state index is 0.383. The van der Waals surface area contributed by atoms with Gasteiger partial charge < -0.3 is 5.32 Å². The first-order chi connectivity index (χ1) is 9.28. The van der Waals surface area contributed by atoms with E-state index in [1.807, 2.05) is 0 Å². The molecule has 0 aliphatic heterocycles.